The molecular formula is C41H53N11O3. The first-order valence-corrected chi connectivity index (χ1v) is 19.4. The molecule has 2 aromatic carbocycles. The maximum atomic E-state index is 13.9. The Morgan fingerprint density at radius 1 is 0.727 bits per heavy atom. The van der Waals surface area contributed by atoms with Crippen LogP contribution in [0, 0.1) is 13.8 Å². The molecule has 7 rings (SSSR count). The zero-order chi connectivity index (χ0) is 39.0. The smallest absolute Gasteiger partial charge is 0.298 e. The molecule has 0 spiro atoms. The Hall–Kier alpha value is -5.34. The van der Waals surface area contributed by atoms with E-state index in [0.29, 0.717) is 48.9 Å². The largest absolute Gasteiger partial charge is 0.379 e. The number of aryl methyl sites for hydroxylation is 6. The first kappa shape index (κ1) is 38.0. The van der Waals surface area contributed by atoms with Crippen molar-refractivity contribution in [2.24, 2.45) is 24.1 Å². The highest BCUT2D eigenvalue weighted by Gasteiger charge is 2.24. The van der Waals surface area contributed by atoms with Gasteiger partial charge in [0.15, 0.2) is 0 Å². The lowest BCUT2D eigenvalue weighted by Gasteiger charge is -2.27. The molecule has 14 heteroatoms. The minimum Gasteiger partial charge on any atom is -0.379 e. The van der Waals surface area contributed by atoms with Crippen LogP contribution in [-0.2, 0) is 38.5 Å². The summed E-state index contributed by atoms with van der Waals surface area (Å²) in [7, 11) is 3.95. The zero-order valence-corrected chi connectivity index (χ0v) is 33.4. The summed E-state index contributed by atoms with van der Waals surface area (Å²) in [6.45, 7) is 17.2. The maximum absolute atomic E-state index is 13.9. The molecule has 290 valence electrons. The molecular weight excluding hydrogens is 695 g/mol. The lowest BCUT2D eigenvalue weighted by atomic mass is 10.1. The van der Waals surface area contributed by atoms with Gasteiger partial charge in [0.25, 0.3) is 11.8 Å². The number of amides is 2. The summed E-state index contributed by atoms with van der Waals surface area (Å²) in [5, 5.41) is 9.00. The fraction of sp³-hybridized carbons (Fsp3) is 0.463. The quantitative estimate of drug-likeness (QED) is 0.179. The Morgan fingerprint density at radius 2 is 1.24 bits per heavy atom. The lowest BCUT2D eigenvalue weighted by molar-refractivity contribution is 0.0343. The monoisotopic (exact) mass is 747 g/mol. The molecule has 0 bridgehead atoms. The highest BCUT2D eigenvalue weighted by molar-refractivity contribution is 5.94. The second-order valence-corrected chi connectivity index (χ2v) is 14.7. The van der Waals surface area contributed by atoms with Crippen molar-refractivity contribution in [1.82, 2.24) is 42.7 Å². The van der Waals surface area contributed by atoms with Gasteiger partial charge in [0.2, 0.25) is 11.2 Å². The average Bonchev–Trinajstić information content (AvgIpc) is 3.92. The minimum absolute atomic E-state index is 0.0229. The molecule has 1 saturated heterocycles. The van der Waals surface area contributed by atoms with E-state index in [0.717, 1.165) is 65.9 Å². The third kappa shape index (κ3) is 7.28. The first-order chi connectivity index (χ1) is 26.5. The van der Waals surface area contributed by atoms with E-state index < -0.39 is 0 Å². The molecule has 4 aromatic heterocycles. The average molecular weight is 748 g/mol. The van der Waals surface area contributed by atoms with Gasteiger partial charge in [-0.05, 0) is 90.3 Å². The Labute approximate surface area is 321 Å². The fourth-order valence-electron chi connectivity index (χ4n) is 8.02. The van der Waals surface area contributed by atoms with E-state index in [9.17, 15) is 9.59 Å². The van der Waals surface area contributed by atoms with Gasteiger partial charge in [-0.25, -0.2) is 0 Å². The van der Waals surface area contributed by atoms with Gasteiger partial charge in [-0.1, -0.05) is 24.3 Å². The molecule has 1 fully saturated rings. The minimum atomic E-state index is -0.322. The predicted octanol–water partition coefficient (Wildman–Crippen LogP) is 5.24. The van der Waals surface area contributed by atoms with Crippen molar-refractivity contribution in [2.45, 2.75) is 86.1 Å². The zero-order valence-electron chi connectivity index (χ0n) is 33.4. The summed E-state index contributed by atoms with van der Waals surface area (Å²) in [5.41, 5.74) is 8.97. The van der Waals surface area contributed by atoms with E-state index >= 15 is 0 Å². The van der Waals surface area contributed by atoms with Crippen LogP contribution >= 0.6 is 0 Å². The van der Waals surface area contributed by atoms with Gasteiger partial charge in [0, 0.05) is 58.9 Å². The Bertz CT molecular complexity index is 2510. The molecule has 55 heavy (non-hydrogen) atoms. The van der Waals surface area contributed by atoms with Gasteiger partial charge < -0.3 is 23.0 Å². The van der Waals surface area contributed by atoms with Gasteiger partial charge in [-0.15, -0.1) is 0 Å². The van der Waals surface area contributed by atoms with Crippen LogP contribution in [0.1, 0.15) is 90.5 Å². The number of nitrogens with zero attached hydrogens (tertiary/aromatic N) is 11. The van der Waals surface area contributed by atoms with Crippen LogP contribution in [0.15, 0.2) is 64.6 Å². The molecule has 1 aliphatic rings. The van der Waals surface area contributed by atoms with Crippen LogP contribution < -0.4 is 11.2 Å². The number of fused-ring (bicyclic) bond motifs is 2. The number of hydrogen-bond acceptors (Lipinski definition) is 6. The summed E-state index contributed by atoms with van der Waals surface area (Å²) in [6, 6.07) is 18.1. The van der Waals surface area contributed by atoms with Crippen molar-refractivity contribution in [3.8, 4) is 0 Å². The molecule has 0 N–H and O–H groups in total. The Balaban J connectivity index is 1.30. The second-order valence-electron chi connectivity index (χ2n) is 14.7. The highest BCUT2D eigenvalue weighted by atomic mass is 16.5. The van der Waals surface area contributed by atoms with Crippen molar-refractivity contribution in [1.29, 1.82) is 0 Å². The summed E-state index contributed by atoms with van der Waals surface area (Å²) >= 11 is 0. The normalized spacial score (nSPS) is 15.8. The number of benzene rings is 2. The second kappa shape index (κ2) is 15.8. The van der Waals surface area contributed by atoms with Crippen molar-refractivity contribution < 1.29 is 14.3 Å². The number of para-hydroxylation sites is 3. The molecule has 0 unspecified atom stereocenters. The van der Waals surface area contributed by atoms with Gasteiger partial charge in [0.05, 0.1) is 46.7 Å². The number of aromatic nitrogens is 8. The molecule has 0 radical (unpaired) electrons. The van der Waals surface area contributed by atoms with Crippen LogP contribution in [0.25, 0.3) is 22.1 Å². The van der Waals surface area contributed by atoms with Crippen molar-refractivity contribution in [3.63, 3.8) is 0 Å². The summed E-state index contributed by atoms with van der Waals surface area (Å²) in [5.74, 6) is -0.642. The fourth-order valence-corrected chi connectivity index (χ4v) is 8.02. The molecule has 1 aliphatic heterocycles. The van der Waals surface area contributed by atoms with Gasteiger partial charge >= 0.3 is 0 Å². The third-order valence-electron chi connectivity index (χ3n) is 10.9. The van der Waals surface area contributed by atoms with E-state index in [4.69, 9.17) is 14.7 Å². The van der Waals surface area contributed by atoms with Crippen LogP contribution in [0.2, 0.25) is 0 Å². The summed E-state index contributed by atoms with van der Waals surface area (Å²) < 4.78 is 17.6. The number of imidazole rings is 2. The number of carbonyl (C=O) groups excluding carboxylic acids is 2. The summed E-state index contributed by atoms with van der Waals surface area (Å²) in [4.78, 5) is 39.7. The third-order valence-corrected chi connectivity index (χ3v) is 10.9. The van der Waals surface area contributed by atoms with Crippen LogP contribution in [0.4, 0.5) is 0 Å². The van der Waals surface area contributed by atoms with E-state index in [1.165, 1.54) is 5.56 Å². The van der Waals surface area contributed by atoms with Gasteiger partial charge in [-0.3, -0.25) is 23.9 Å². The summed E-state index contributed by atoms with van der Waals surface area (Å²) in [6.07, 6.45) is 1.54. The van der Waals surface area contributed by atoms with Crippen molar-refractivity contribution in [2.75, 3.05) is 26.3 Å². The van der Waals surface area contributed by atoms with Gasteiger partial charge in [0.1, 0.15) is 11.4 Å². The highest BCUT2D eigenvalue weighted by Crippen LogP contribution is 2.28. The van der Waals surface area contributed by atoms with E-state index in [-0.39, 0.29) is 23.9 Å². The number of morpholine rings is 1. The molecule has 0 saturated carbocycles. The lowest BCUT2D eigenvalue weighted by Crippen LogP contribution is -2.36. The van der Waals surface area contributed by atoms with E-state index in [1.54, 1.807) is 15.4 Å². The Kier molecular flexibility index (Phi) is 10.9. The number of ether oxygens (including phenoxy) is 1. The van der Waals surface area contributed by atoms with Crippen LogP contribution in [0.3, 0.4) is 0 Å². The molecule has 6 aromatic rings. The van der Waals surface area contributed by atoms with Crippen molar-refractivity contribution in [3.05, 3.63) is 94.2 Å². The topological polar surface area (TPSA) is 127 Å². The number of hydrogen-bond donors (Lipinski definition) is 0. The molecule has 2 amide bonds. The first-order valence-electron chi connectivity index (χ1n) is 19.4. The molecule has 5 heterocycles. The van der Waals surface area contributed by atoms with E-state index in [1.807, 2.05) is 69.1 Å². The maximum Gasteiger partial charge on any atom is 0.298 e. The SMILES string of the molecule is CCn1nc(C)cc1C(=O)N=c1n(C)c2cccc(CN3CCOCC3)c2n1[C@@H](C)CC[C@H](C)n1/c(=N/C(=O)c2cc(C)nn2CC)n(C)c2ccccc21. The predicted molar refractivity (Wildman–Crippen MR) is 212 cm³/mol. The van der Waals surface area contributed by atoms with Gasteiger partial charge in [-0.2, -0.15) is 20.2 Å². The molecule has 2 atom stereocenters. The number of rotatable bonds is 11. The van der Waals surface area contributed by atoms with Crippen molar-refractivity contribution >= 4 is 33.9 Å². The molecule has 0 aliphatic carbocycles. The molecule has 14 nitrogen and oxygen atoms in total. The Morgan fingerprint density at radius 3 is 1.82 bits per heavy atom. The van der Waals surface area contributed by atoms with Crippen LogP contribution in [-0.4, -0.2) is 80.8 Å². The van der Waals surface area contributed by atoms with Crippen LogP contribution in [0.5, 0.6) is 0 Å². The van der Waals surface area contributed by atoms with E-state index in [2.05, 4.69) is 68.4 Å². The standard InChI is InChI=1S/C41H53N11O3/c1-9-49-35(24-27(3)44-49)38(53)42-40-46(7)32-15-11-12-16-33(32)51(40)29(5)18-19-30(6)52-37-31(26-48-20-22-55-23-21-48)14-13-17-34(37)47(8)41(52)43-39(54)36-25-28(4)45-50(36)10-2/h11-17,24-25,29-30H,9-10,18-23,26H2,1-8H3/b42-40+,43-41?/t29-,30-/m0/s1. The number of carbonyl (C=O) groups is 2.